The molecule has 0 aliphatic carbocycles. The molecule has 2 aromatic rings. The van der Waals surface area contributed by atoms with Crippen LogP contribution in [0.2, 0.25) is 0 Å². The van der Waals surface area contributed by atoms with Gasteiger partial charge in [-0.1, -0.05) is 51.6 Å². The molecule has 2 amide bonds. The minimum Gasteiger partial charge on any atom is -0.386 e. The number of nitrogen functional groups attached to an aromatic ring is 1. The summed E-state index contributed by atoms with van der Waals surface area (Å²) in [7, 11) is -16.4. The van der Waals surface area contributed by atoms with Crippen LogP contribution in [0.3, 0.4) is 0 Å². The second kappa shape index (κ2) is 19.8. The van der Waals surface area contributed by atoms with Crippen LogP contribution in [0.4, 0.5) is 5.82 Å². The highest BCUT2D eigenvalue weighted by atomic mass is 32.2. The quantitative estimate of drug-likeness (QED) is 0.0435. The van der Waals surface area contributed by atoms with Gasteiger partial charge >= 0.3 is 23.5 Å². The Kier molecular flexibility index (Phi) is 16.9. The fraction of sp³-hybridized carbons (Fsp3) is 0.643. The number of imidazole rings is 1. The number of phosphoric acid groups is 3. The van der Waals surface area contributed by atoms with Crippen LogP contribution in [-0.2, 0) is 50.7 Å². The van der Waals surface area contributed by atoms with Crippen molar-refractivity contribution in [2.75, 3.05) is 37.8 Å². The number of thioether (sulfide) groups is 1. The topological polar surface area (TPSA) is 364 Å². The van der Waals surface area contributed by atoms with Gasteiger partial charge in [-0.05, 0) is 5.92 Å². The third-order valence-corrected chi connectivity index (χ3v) is 11.9. The Morgan fingerprint density at radius 1 is 1.07 bits per heavy atom. The second-order valence-corrected chi connectivity index (χ2v) is 18.7. The minimum atomic E-state index is -5.57. The number of aliphatic hydroxyl groups is 2. The maximum atomic E-state index is 12.7. The summed E-state index contributed by atoms with van der Waals surface area (Å²) < 4.78 is 62.1. The zero-order valence-electron chi connectivity index (χ0n) is 30.6. The number of nitrogens with zero attached hydrogens (tertiary/aromatic N) is 4. The Balaban J connectivity index is 1.48. The first kappa shape index (κ1) is 47.7. The van der Waals surface area contributed by atoms with Gasteiger partial charge in [-0.2, -0.15) is 4.31 Å². The normalized spacial score (nSPS) is 21.7. The van der Waals surface area contributed by atoms with Crippen LogP contribution in [0.15, 0.2) is 24.8 Å². The number of amides is 2. The molecule has 2 aromatic heterocycles. The van der Waals surface area contributed by atoms with E-state index in [0.717, 1.165) is 34.6 Å². The van der Waals surface area contributed by atoms with Gasteiger partial charge in [0.2, 0.25) is 11.8 Å². The summed E-state index contributed by atoms with van der Waals surface area (Å²) in [4.78, 5) is 87.5. The van der Waals surface area contributed by atoms with E-state index in [1.165, 1.54) is 13.8 Å². The van der Waals surface area contributed by atoms with E-state index in [-0.39, 0.29) is 53.9 Å². The lowest BCUT2D eigenvalue weighted by Gasteiger charge is -2.30. The molecule has 3 rings (SSSR count). The minimum absolute atomic E-state index is 0.0296. The predicted octanol–water partition coefficient (Wildman–Crippen LogP) is 0.267. The number of hydrogen-bond acceptors (Lipinski definition) is 18. The van der Waals surface area contributed by atoms with Crippen LogP contribution in [0.25, 0.3) is 11.2 Å². The van der Waals surface area contributed by atoms with E-state index in [1.807, 2.05) is 13.8 Å². The van der Waals surface area contributed by atoms with Gasteiger partial charge in [-0.25, -0.2) is 28.6 Å². The van der Waals surface area contributed by atoms with Crippen molar-refractivity contribution in [3.05, 3.63) is 24.8 Å². The van der Waals surface area contributed by atoms with E-state index in [2.05, 4.69) is 41.0 Å². The van der Waals surface area contributed by atoms with E-state index in [4.69, 9.17) is 19.5 Å². The summed E-state index contributed by atoms with van der Waals surface area (Å²) in [6.45, 7) is 8.18. The number of rotatable bonds is 22. The SMILES string of the molecule is C=C(CC(=O)SCCNC(=O)CCNC(=O)C(O)C(C)(C)COP(=O)(O)OP(=O)(O)OC[C@H]1O[C@@H](n2cnc3c(N)ncnc32)[C@H](O)[C@@H]1OP(=O)(O)O)C(C)C. The summed E-state index contributed by atoms with van der Waals surface area (Å²) in [6.07, 6.45) is -6.69. The number of nitrogens with two attached hydrogens (primary N) is 1. The molecule has 1 aliphatic heterocycles. The van der Waals surface area contributed by atoms with Crippen LogP contribution in [0.5, 0.6) is 0 Å². The number of phosphoric ester groups is 3. The zero-order chi connectivity index (χ0) is 42.2. The molecule has 3 heterocycles. The van der Waals surface area contributed by atoms with Gasteiger partial charge in [0, 0.05) is 37.1 Å². The van der Waals surface area contributed by atoms with Gasteiger partial charge in [0.25, 0.3) is 0 Å². The molecule has 7 atom stereocenters. The van der Waals surface area contributed by atoms with Crippen molar-refractivity contribution in [2.24, 2.45) is 11.3 Å². The number of allylic oxidation sites excluding steroid dienone is 1. The number of carbonyl (C=O) groups is 3. The number of fused-ring (bicyclic) bond motifs is 1. The van der Waals surface area contributed by atoms with Crippen molar-refractivity contribution in [1.82, 2.24) is 30.2 Å². The van der Waals surface area contributed by atoms with E-state index < -0.39 is 84.6 Å². The highest BCUT2D eigenvalue weighted by molar-refractivity contribution is 8.13. The standard InChI is InChI=1S/C28H46N7O17P3S/c1-15(2)16(3)10-19(37)56-9-8-30-18(36)6-7-31-26(40)23(39)28(4,5)12-49-55(46,47)52-54(44,45)48-11-17-22(51-53(41,42)43)21(38)27(50-17)35-14-34-20-24(29)32-13-33-25(20)35/h13-15,17,21-23,27,38-39H,3,6-12H2,1-2,4-5H3,(H,30,36)(H,31,40)(H,44,45)(H,46,47)(H2,29,32,33)(H2,41,42,43)/t17-,21-,22-,23?,27-/m1/s1. The first-order valence-electron chi connectivity index (χ1n) is 16.5. The van der Waals surface area contributed by atoms with Crippen LogP contribution in [0, 0.1) is 11.3 Å². The van der Waals surface area contributed by atoms with Crippen molar-refractivity contribution < 1.29 is 80.5 Å². The molecular weight excluding hydrogens is 831 g/mol. The highest BCUT2D eigenvalue weighted by Crippen LogP contribution is 2.61. The van der Waals surface area contributed by atoms with Crippen molar-refractivity contribution in [2.45, 2.75) is 71.2 Å². The highest BCUT2D eigenvalue weighted by Gasteiger charge is 2.50. The smallest absolute Gasteiger partial charge is 0.386 e. The Bertz CT molecular complexity index is 1880. The van der Waals surface area contributed by atoms with Crippen LogP contribution >= 0.6 is 35.2 Å². The van der Waals surface area contributed by atoms with Gasteiger partial charge in [0.05, 0.1) is 19.5 Å². The molecule has 0 radical (unpaired) electrons. The van der Waals surface area contributed by atoms with Crippen molar-refractivity contribution in [3.63, 3.8) is 0 Å². The lowest BCUT2D eigenvalue weighted by Crippen LogP contribution is -2.46. The summed E-state index contributed by atoms with van der Waals surface area (Å²) in [5.41, 5.74) is 5.06. The summed E-state index contributed by atoms with van der Waals surface area (Å²) in [6, 6.07) is 0. The zero-order valence-corrected chi connectivity index (χ0v) is 34.1. The van der Waals surface area contributed by atoms with Crippen molar-refractivity contribution in [3.8, 4) is 0 Å². The molecule has 316 valence electrons. The molecule has 0 saturated carbocycles. The first-order valence-corrected chi connectivity index (χ1v) is 22.1. The summed E-state index contributed by atoms with van der Waals surface area (Å²) in [5.74, 6) is -0.958. The van der Waals surface area contributed by atoms with Gasteiger partial charge in [-0.15, -0.1) is 0 Å². The molecule has 1 saturated heterocycles. The van der Waals surface area contributed by atoms with Gasteiger partial charge < -0.3 is 50.9 Å². The molecule has 1 aliphatic rings. The molecule has 10 N–H and O–H groups in total. The van der Waals surface area contributed by atoms with E-state index in [1.54, 1.807) is 0 Å². The van der Waals surface area contributed by atoms with Crippen molar-refractivity contribution in [1.29, 1.82) is 0 Å². The van der Waals surface area contributed by atoms with Crippen LogP contribution < -0.4 is 16.4 Å². The summed E-state index contributed by atoms with van der Waals surface area (Å²) in [5, 5.41) is 26.3. The lowest BCUT2D eigenvalue weighted by molar-refractivity contribution is -0.137. The van der Waals surface area contributed by atoms with Crippen molar-refractivity contribution >= 4 is 69.1 Å². The molecule has 24 nitrogen and oxygen atoms in total. The molecule has 0 bridgehead atoms. The third-order valence-electron chi connectivity index (χ3n) is 7.95. The summed E-state index contributed by atoms with van der Waals surface area (Å²) >= 11 is 1.06. The largest absolute Gasteiger partial charge is 0.481 e. The Hall–Kier alpha value is -2.70. The maximum absolute atomic E-state index is 12.7. The fourth-order valence-corrected chi connectivity index (χ4v) is 8.28. The monoisotopic (exact) mass is 877 g/mol. The molecule has 28 heteroatoms. The molecule has 3 unspecified atom stereocenters. The number of aromatic nitrogens is 4. The lowest BCUT2D eigenvalue weighted by atomic mass is 9.87. The van der Waals surface area contributed by atoms with E-state index in [0.29, 0.717) is 5.75 Å². The van der Waals surface area contributed by atoms with Gasteiger partial charge in [0.15, 0.2) is 22.8 Å². The van der Waals surface area contributed by atoms with Crippen LogP contribution in [0.1, 0.15) is 46.8 Å². The molecule has 0 aromatic carbocycles. The van der Waals surface area contributed by atoms with E-state index >= 15 is 0 Å². The first-order chi connectivity index (χ1) is 25.8. The van der Waals surface area contributed by atoms with E-state index in [9.17, 15) is 57.9 Å². The number of anilines is 1. The van der Waals surface area contributed by atoms with Gasteiger partial charge in [-0.3, -0.25) is 32.5 Å². The number of hydrogen-bond donors (Lipinski definition) is 9. The molecular formula is C28H46N7O17P3S. The Labute approximate surface area is 324 Å². The molecule has 0 spiro atoms. The maximum Gasteiger partial charge on any atom is 0.481 e. The molecule has 56 heavy (non-hydrogen) atoms. The number of carbonyl (C=O) groups excluding carboxylic acids is 3. The average molecular weight is 878 g/mol. The predicted molar refractivity (Wildman–Crippen MR) is 196 cm³/mol. The van der Waals surface area contributed by atoms with Gasteiger partial charge in [0.1, 0.15) is 36.3 Å². The third kappa shape index (κ3) is 14.3. The number of nitrogens with one attached hydrogen (secondary N) is 2. The Morgan fingerprint density at radius 2 is 1.73 bits per heavy atom. The van der Waals surface area contributed by atoms with Crippen LogP contribution in [-0.4, -0.2) is 123 Å². The second-order valence-electron chi connectivity index (χ2n) is 13.3. The molecule has 1 fully saturated rings. The fourth-order valence-electron chi connectivity index (χ4n) is 4.74. The number of aliphatic hydroxyl groups excluding tert-OH is 2. The Morgan fingerprint density at radius 3 is 2.38 bits per heavy atom. The number of ether oxygens (including phenoxy) is 1. The average Bonchev–Trinajstić information content (AvgIpc) is 3.64.